The Balaban J connectivity index is 2.09. The quantitative estimate of drug-likeness (QED) is 0.775. The normalized spacial score (nSPS) is 30.4. The zero-order valence-electron chi connectivity index (χ0n) is 9.98. The summed E-state index contributed by atoms with van der Waals surface area (Å²) in [4.78, 5) is 2.25. The number of nitrogens with one attached hydrogen (secondary N) is 1. The second kappa shape index (κ2) is 5.02. The summed E-state index contributed by atoms with van der Waals surface area (Å²) in [5, 5.41) is 3.11. The predicted molar refractivity (Wildman–Crippen MR) is 65.1 cm³/mol. The van der Waals surface area contributed by atoms with E-state index in [-0.39, 0.29) is 5.37 Å². The molecule has 94 valence electrons. The van der Waals surface area contributed by atoms with Crippen molar-refractivity contribution in [3.8, 4) is 0 Å². The fraction of sp³-hybridized carbons (Fsp3) is 1.00. The summed E-state index contributed by atoms with van der Waals surface area (Å²) in [6.45, 7) is 3.01. The molecule has 0 aromatic rings. The Morgan fingerprint density at radius 1 is 1.12 bits per heavy atom. The number of sulfone groups is 1. The van der Waals surface area contributed by atoms with Gasteiger partial charge in [-0.1, -0.05) is 0 Å². The first-order chi connectivity index (χ1) is 7.59. The molecule has 5 heteroatoms. The van der Waals surface area contributed by atoms with Gasteiger partial charge >= 0.3 is 0 Å². The first-order valence-electron chi connectivity index (χ1n) is 6.24. The molecular weight excluding hydrogens is 224 g/mol. The highest BCUT2D eigenvalue weighted by atomic mass is 32.2. The first-order valence-corrected chi connectivity index (χ1v) is 8.20. The summed E-state index contributed by atoms with van der Waals surface area (Å²) in [7, 11) is -2.92. The van der Waals surface area contributed by atoms with Crippen molar-refractivity contribution < 1.29 is 8.42 Å². The molecule has 4 nitrogen and oxygen atoms in total. The Bertz CT molecular complexity index is 323. The van der Waals surface area contributed by atoms with E-state index >= 15 is 0 Å². The number of hydrogen-bond donors (Lipinski definition) is 1. The second-order valence-corrected chi connectivity index (χ2v) is 7.20. The number of hydrogen-bond acceptors (Lipinski definition) is 4. The van der Waals surface area contributed by atoms with E-state index < -0.39 is 9.84 Å². The summed E-state index contributed by atoms with van der Waals surface area (Å²) in [6.07, 6.45) is 6.59. The van der Waals surface area contributed by atoms with Gasteiger partial charge in [0.15, 0.2) is 9.84 Å². The van der Waals surface area contributed by atoms with E-state index in [4.69, 9.17) is 0 Å². The van der Waals surface area contributed by atoms with Crippen molar-refractivity contribution in [2.75, 3.05) is 25.9 Å². The number of nitrogens with zero attached hydrogens (tertiary/aromatic N) is 1. The van der Waals surface area contributed by atoms with Gasteiger partial charge in [-0.3, -0.25) is 4.90 Å². The molecule has 0 aliphatic carbocycles. The molecule has 0 bridgehead atoms. The third kappa shape index (κ3) is 2.76. The summed E-state index contributed by atoms with van der Waals surface area (Å²) in [6, 6.07) is 0.473. The maximum atomic E-state index is 11.8. The maximum absolute atomic E-state index is 11.8. The number of likely N-dealkylation sites (tertiary alicyclic amines) is 1. The van der Waals surface area contributed by atoms with Crippen molar-refractivity contribution in [1.29, 1.82) is 0 Å². The van der Waals surface area contributed by atoms with E-state index in [0.29, 0.717) is 6.04 Å². The Morgan fingerprint density at radius 2 is 1.81 bits per heavy atom. The molecule has 0 amide bonds. The van der Waals surface area contributed by atoms with Crippen LogP contribution in [0.3, 0.4) is 0 Å². The van der Waals surface area contributed by atoms with Gasteiger partial charge in [0.25, 0.3) is 0 Å². The predicted octanol–water partition coefficient (Wildman–Crippen LogP) is 0.595. The lowest BCUT2D eigenvalue weighted by atomic mass is 10.0. The van der Waals surface area contributed by atoms with Crippen LogP contribution in [0.25, 0.3) is 0 Å². The van der Waals surface area contributed by atoms with Crippen molar-refractivity contribution in [3.05, 3.63) is 0 Å². The molecule has 1 N–H and O–H groups in total. The largest absolute Gasteiger partial charge is 0.317 e. The van der Waals surface area contributed by atoms with Crippen molar-refractivity contribution >= 4 is 9.84 Å². The van der Waals surface area contributed by atoms with Crippen LogP contribution in [0, 0.1) is 0 Å². The monoisotopic (exact) mass is 246 g/mol. The molecule has 0 aromatic carbocycles. The standard InChI is InChI=1S/C11H22N2O2S/c1-16(14,15)11-4-2-3-9-13(11)10-5-7-12-8-6-10/h10-12H,2-9H2,1H3. The van der Waals surface area contributed by atoms with E-state index in [1.165, 1.54) is 6.26 Å². The van der Waals surface area contributed by atoms with Crippen molar-refractivity contribution in [3.63, 3.8) is 0 Å². The molecule has 2 fully saturated rings. The lowest BCUT2D eigenvalue weighted by Gasteiger charge is -2.41. The first kappa shape index (κ1) is 12.3. The van der Waals surface area contributed by atoms with Gasteiger partial charge in [0.2, 0.25) is 0 Å². The van der Waals surface area contributed by atoms with Crippen LogP contribution >= 0.6 is 0 Å². The molecule has 0 saturated carbocycles. The molecule has 1 unspecified atom stereocenters. The molecule has 2 aliphatic heterocycles. The topological polar surface area (TPSA) is 49.4 Å². The fourth-order valence-corrected chi connectivity index (χ4v) is 4.30. The van der Waals surface area contributed by atoms with Gasteiger partial charge in [-0.15, -0.1) is 0 Å². The zero-order valence-corrected chi connectivity index (χ0v) is 10.8. The van der Waals surface area contributed by atoms with E-state index in [0.717, 1.165) is 51.7 Å². The minimum atomic E-state index is -2.92. The van der Waals surface area contributed by atoms with Crippen molar-refractivity contribution in [1.82, 2.24) is 10.2 Å². The summed E-state index contributed by atoms with van der Waals surface area (Å²) in [5.74, 6) is 0. The number of rotatable bonds is 2. The smallest absolute Gasteiger partial charge is 0.163 e. The van der Waals surface area contributed by atoms with Crippen LogP contribution in [0.5, 0.6) is 0 Å². The third-order valence-corrected chi connectivity index (χ3v) is 5.25. The Hall–Kier alpha value is -0.130. The van der Waals surface area contributed by atoms with Gasteiger partial charge in [-0.2, -0.15) is 0 Å². The van der Waals surface area contributed by atoms with Gasteiger partial charge in [0, 0.05) is 12.3 Å². The minimum Gasteiger partial charge on any atom is -0.317 e. The van der Waals surface area contributed by atoms with Crippen LogP contribution in [0.1, 0.15) is 32.1 Å². The second-order valence-electron chi connectivity index (χ2n) is 5.00. The van der Waals surface area contributed by atoms with E-state index in [1.807, 2.05) is 0 Å². The molecule has 2 saturated heterocycles. The van der Waals surface area contributed by atoms with Gasteiger partial charge in [0.05, 0.1) is 0 Å². The fourth-order valence-electron chi connectivity index (χ4n) is 2.94. The molecule has 2 aliphatic rings. The molecule has 2 rings (SSSR count). The van der Waals surface area contributed by atoms with Crippen LogP contribution in [0.4, 0.5) is 0 Å². The lowest BCUT2D eigenvalue weighted by molar-refractivity contribution is 0.114. The lowest BCUT2D eigenvalue weighted by Crippen LogP contribution is -2.52. The van der Waals surface area contributed by atoms with Crippen LogP contribution in [0.2, 0.25) is 0 Å². The Morgan fingerprint density at radius 3 is 2.44 bits per heavy atom. The Labute approximate surface area is 98.3 Å². The number of piperidine rings is 2. The average molecular weight is 246 g/mol. The van der Waals surface area contributed by atoms with Crippen LogP contribution < -0.4 is 5.32 Å². The molecule has 0 radical (unpaired) electrons. The van der Waals surface area contributed by atoms with Crippen LogP contribution in [-0.4, -0.2) is 50.6 Å². The summed E-state index contributed by atoms with van der Waals surface area (Å²) < 4.78 is 23.6. The highest BCUT2D eigenvalue weighted by Gasteiger charge is 2.35. The molecular formula is C11H22N2O2S. The SMILES string of the molecule is CS(=O)(=O)C1CCCCN1C1CCNCC1. The molecule has 0 aromatic heterocycles. The van der Waals surface area contributed by atoms with Crippen LogP contribution in [-0.2, 0) is 9.84 Å². The summed E-state index contributed by atoms with van der Waals surface area (Å²) >= 11 is 0. The van der Waals surface area contributed by atoms with E-state index in [9.17, 15) is 8.42 Å². The van der Waals surface area contributed by atoms with Gasteiger partial charge in [-0.25, -0.2) is 8.42 Å². The summed E-state index contributed by atoms with van der Waals surface area (Å²) in [5.41, 5.74) is 0. The zero-order chi connectivity index (χ0) is 11.6. The van der Waals surface area contributed by atoms with E-state index in [1.54, 1.807) is 0 Å². The Kier molecular flexibility index (Phi) is 3.87. The molecule has 1 atom stereocenters. The van der Waals surface area contributed by atoms with Crippen LogP contribution in [0.15, 0.2) is 0 Å². The highest BCUT2D eigenvalue weighted by molar-refractivity contribution is 7.91. The van der Waals surface area contributed by atoms with Crippen molar-refractivity contribution in [2.45, 2.75) is 43.5 Å². The van der Waals surface area contributed by atoms with Gasteiger partial charge in [0.1, 0.15) is 5.37 Å². The van der Waals surface area contributed by atoms with Crippen molar-refractivity contribution in [2.24, 2.45) is 0 Å². The molecule has 16 heavy (non-hydrogen) atoms. The van der Waals surface area contributed by atoms with E-state index in [2.05, 4.69) is 10.2 Å². The molecule has 0 spiro atoms. The van der Waals surface area contributed by atoms with Gasteiger partial charge < -0.3 is 5.32 Å². The maximum Gasteiger partial charge on any atom is 0.163 e. The van der Waals surface area contributed by atoms with Gasteiger partial charge in [-0.05, 0) is 51.7 Å². The minimum absolute atomic E-state index is 0.218. The highest BCUT2D eigenvalue weighted by Crippen LogP contribution is 2.26. The third-order valence-electron chi connectivity index (χ3n) is 3.76. The average Bonchev–Trinajstić information content (AvgIpc) is 2.29. The molecule has 2 heterocycles.